The Hall–Kier alpha value is -3.01. The third-order valence-corrected chi connectivity index (χ3v) is 3.31. The molecule has 0 aliphatic rings. The molecule has 3 N–H and O–H groups in total. The summed E-state index contributed by atoms with van der Waals surface area (Å²) in [6.07, 6.45) is 1.65. The quantitative estimate of drug-likeness (QED) is 0.361. The Labute approximate surface area is 140 Å². The van der Waals surface area contributed by atoms with E-state index in [0.717, 1.165) is 11.3 Å². The maximum atomic E-state index is 11.8. The average Bonchev–Trinajstić information content (AvgIpc) is 2.59. The summed E-state index contributed by atoms with van der Waals surface area (Å²) in [4.78, 5) is 22.2. The van der Waals surface area contributed by atoms with E-state index in [9.17, 15) is 9.59 Å². The van der Waals surface area contributed by atoms with Gasteiger partial charge in [-0.15, -0.1) is 0 Å². The van der Waals surface area contributed by atoms with Gasteiger partial charge in [-0.1, -0.05) is 12.1 Å². The average molecular weight is 331 g/mol. The molecular weight excluding hydrogens is 310 g/mol. The number of amides is 1. The Morgan fingerprint density at radius 1 is 1.38 bits per heavy atom. The molecule has 0 radical (unpaired) electrons. The molecule has 0 aromatic heterocycles. The number of nitrogens with one attached hydrogen (secondary N) is 2. The molecule has 0 heterocycles. The maximum absolute atomic E-state index is 11.8. The van der Waals surface area contributed by atoms with Crippen molar-refractivity contribution in [2.45, 2.75) is 25.8 Å². The minimum absolute atomic E-state index is 0.0291. The van der Waals surface area contributed by atoms with Crippen LogP contribution >= 0.6 is 0 Å². The smallest absolute Gasteiger partial charge is 0.303 e. The number of hydrogen-bond acceptors (Lipinski definition) is 5. The number of nitrogens with zero attached hydrogens (tertiary/aromatic N) is 1. The molecule has 0 aliphatic heterocycles. The van der Waals surface area contributed by atoms with Gasteiger partial charge < -0.3 is 20.5 Å². The molecule has 128 valence electrons. The highest BCUT2D eigenvalue weighted by molar-refractivity contribution is 5.97. The molecule has 0 bridgehead atoms. The van der Waals surface area contributed by atoms with Crippen LogP contribution in [-0.4, -0.2) is 30.6 Å². The summed E-state index contributed by atoms with van der Waals surface area (Å²) in [5, 5.41) is 23.1. The fraction of sp³-hybridized carbons (Fsp3) is 0.353. The molecule has 7 nitrogen and oxygen atoms in total. The number of hydrogen-bond donors (Lipinski definition) is 3. The number of aliphatic carboxylic acids is 1. The van der Waals surface area contributed by atoms with E-state index in [1.165, 1.54) is 6.20 Å². The van der Waals surface area contributed by atoms with Gasteiger partial charge in [0, 0.05) is 25.2 Å². The molecule has 1 atom stereocenters. The number of ether oxygens (including phenoxy) is 1. The van der Waals surface area contributed by atoms with Crippen LogP contribution in [0.15, 0.2) is 36.0 Å². The van der Waals surface area contributed by atoms with Crippen LogP contribution in [0.4, 0.5) is 0 Å². The van der Waals surface area contributed by atoms with Gasteiger partial charge >= 0.3 is 5.97 Å². The van der Waals surface area contributed by atoms with E-state index >= 15 is 0 Å². The van der Waals surface area contributed by atoms with E-state index in [4.69, 9.17) is 15.1 Å². The van der Waals surface area contributed by atoms with E-state index in [-0.39, 0.29) is 24.6 Å². The Morgan fingerprint density at radius 2 is 2.04 bits per heavy atom. The normalized spacial score (nSPS) is 12.0. The first-order valence-corrected chi connectivity index (χ1v) is 7.48. The second-order valence-corrected chi connectivity index (χ2v) is 5.08. The van der Waals surface area contributed by atoms with Crippen molar-refractivity contribution in [2.75, 3.05) is 13.7 Å². The van der Waals surface area contributed by atoms with Crippen LogP contribution in [0.1, 0.15) is 31.4 Å². The molecule has 0 fully saturated rings. The third-order valence-electron chi connectivity index (χ3n) is 3.31. The van der Waals surface area contributed by atoms with Gasteiger partial charge in [-0.2, -0.15) is 5.26 Å². The van der Waals surface area contributed by atoms with Gasteiger partial charge in [-0.05, 0) is 31.0 Å². The van der Waals surface area contributed by atoms with Crippen molar-refractivity contribution in [3.63, 3.8) is 0 Å². The number of carboxylic acids is 1. The van der Waals surface area contributed by atoms with Crippen molar-refractivity contribution in [1.29, 1.82) is 5.26 Å². The largest absolute Gasteiger partial charge is 0.497 e. The highest BCUT2D eigenvalue weighted by Crippen LogP contribution is 2.17. The van der Waals surface area contributed by atoms with Gasteiger partial charge in [0.2, 0.25) is 0 Å². The van der Waals surface area contributed by atoms with Gasteiger partial charge in [0.05, 0.1) is 7.11 Å². The van der Waals surface area contributed by atoms with Crippen LogP contribution in [0.25, 0.3) is 0 Å². The van der Waals surface area contributed by atoms with Crippen molar-refractivity contribution in [3.8, 4) is 11.8 Å². The topological polar surface area (TPSA) is 111 Å². The van der Waals surface area contributed by atoms with E-state index in [1.54, 1.807) is 7.11 Å². The van der Waals surface area contributed by atoms with E-state index in [1.807, 2.05) is 37.3 Å². The highest BCUT2D eigenvalue weighted by atomic mass is 16.5. The molecule has 1 amide bonds. The summed E-state index contributed by atoms with van der Waals surface area (Å²) in [6, 6.07) is 9.17. The van der Waals surface area contributed by atoms with Crippen molar-refractivity contribution in [3.05, 3.63) is 41.6 Å². The molecular formula is C17H21N3O4. The lowest BCUT2D eigenvalue weighted by Crippen LogP contribution is -2.27. The second kappa shape index (κ2) is 9.90. The molecule has 1 aromatic carbocycles. The van der Waals surface area contributed by atoms with Crippen LogP contribution in [0.5, 0.6) is 5.75 Å². The minimum Gasteiger partial charge on any atom is -0.497 e. The van der Waals surface area contributed by atoms with Gasteiger partial charge in [0.15, 0.2) is 0 Å². The Kier molecular flexibility index (Phi) is 7.85. The lowest BCUT2D eigenvalue weighted by Gasteiger charge is -2.13. The molecule has 1 unspecified atom stereocenters. The number of benzene rings is 1. The molecule has 0 saturated heterocycles. The Morgan fingerprint density at radius 3 is 2.58 bits per heavy atom. The molecule has 1 rings (SSSR count). The van der Waals surface area contributed by atoms with Crippen LogP contribution < -0.4 is 15.4 Å². The summed E-state index contributed by atoms with van der Waals surface area (Å²) < 4.78 is 5.09. The highest BCUT2D eigenvalue weighted by Gasteiger charge is 2.10. The van der Waals surface area contributed by atoms with Gasteiger partial charge in [-0.3, -0.25) is 9.59 Å². The van der Waals surface area contributed by atoms with Crippen LogP contribution in [0.2, 0.25) is 0 Å². The molecule has 0 saturated carbocycles. The standard InChI is InChI=1S/C17H21N3O4/c1-12(13-5-7-15(24-2)8-6-13)20-11-14(10-18)17(23)19-9-3-4-16(21)22/h5-8,11-12,20H,3-4,9H2,1-2H3,(H,19,23)(H,21,22)/b14-11-. The molecule has 0 aliphatic carbocycles. The fourth-order valence-electron chi connectivity index (χ4n) is 1.88. The first-order chi connectivity index (χ1) is 11.5. The number of carbonyl (C=O) groups is 2. The minimum atomic E-state index is -0.921. The van der Waals surface area contributed by atoms with Crippen molar-refractivity contribution >= 4 is 11.9 Å². The van der Waals surface area contributed by atoms with E-state index in [2.05, 4.69) is 10.6 Å². The lowest BCUT2D eigenvalue weighted by atomic mass is 10.1. The third kappa shape index (κ3) is 6.40. The summed E-state index contributed by atoms with van der Waals surface area (Å²) in [7, 11) is 1.59. The van der Waals surface area contributed by atoms with Gasteiger partial charge in [-0.25, -0.2) is 0 Å². The van der Waals surface area contributed by atoms with E-state index in [0.29, 0.717) is 6.42 Å². The zero-order valence-electron chi connectivity index (χ0n) is 13.7. The Bertz CT molecular complexity index is 632. The van der Waals surface area contributed by atoms with Gasteiger partial charge in [0.25, 0.3) is 5.91 Å². The summed E-state index contributed by atoms with van der Waals surface area (Å²) in [6.45, 7) is 2.11. The van der Waals surface area contributed by atoms with Crippen LogP contribution in [0.3, 0.4) is 0 Å². The number of carbonyl (C=O) groups excluding carboxylic acids is 1. The van der Waals surface area contributed by atoms with Crippen molar-refractivity contribution < 1.29 is 19.4 Å². The SMILES string of the molecule is COc1ccc(C(C)N/C=C(/C#N)C(=O)NCCCC(=O)O)cc1. The summed E-state index contributed by atoms with van der Waals surface area (Å²) >= 11 is 0. The zero-order valence-corrected chi connectivity index (χ0v) is 13.7. The molecule has 1 aromatic rings. The maximum Gasteiger partial charge on any atom is 0.303 e. The van der Waals surface area contributed by atoms with Gasteiger partial charge in [0.1, 0.15) is 17.4 Å². The summed E-state index contributed by atoms with van der Waals surface area (Å²) in [5.74, 6) is -0.701. The van der Waals surface area contributed by atoms with E-state index < -0.39 is 11.9 Å². The molecule has 24 heavy (non-hydrogen) atoms. The predicted octanol–water partition coefficient (Wildman–Crippen LogP) is 1.73. The lowest BCUT2D eigenvalue weighted by molar-refractivity contribution is -0.137. The molecule has 7 heteroatoms. The number of nitriles is 1. The zero-order chi connectivity index (χ0) is 17.9. The van der Waals surface area contributed by atoms with Crippen molar-refractivity contribution in [2.24, 2.45) is 0 Å². The first kappa shape index (κ1) is 19.0. The number of rotatable bonds is 9. The first-order valence-electron chi connectivity index (χ1n) is 7.48. The fourth-order valence-corrected chi connectivity index (χ4v) is 1.88. The Balaban J connectivity index is 2.56. The van der Waals surface area contributed by atoms with Crippen LogP contribution in [-0.2, 0) is 9.59 Å². The second-order valence-electron chi connectivity index (χ2n) is 5.08. The van der Waals surface area contributed by atoms with Crippen LogP contribution in [0, 0.1) is 11.3 Å². The van der Waals surface area contributed by atoms with Crippen molar-refractivity contribution in [1.82, 2.24) is 10.6 Å². The number of methoxy groups -OCH3 is 1. The predicted molar refractivity (Wildman–Crippen MR) is 88.1 cm³/mol. The monoisotopic (exact) mass is 331 g/mol. The summed E-state index contributed by atoms with van der Waals surface area (Å²) in [5.41, 5.74) is 0.914. The number of carboxylic acid groups (broad SMARTS) is 1. The molecule has 0 spiro atoms.